The van der Waals surface area contributed by atoms with Crippen molar-refractivity contribution in [3.05, 3.63) is 71.1 Å². The van der Waals surface area contributed by atoms with Crippen LogP contribution < -0.4 is 5.32 Å². The van der Waals surface area contributed by atoms with Gasteiger partial charge in [-0.1, -0.05) is 29.8 Å². The van der Waals surface area contributed by atoms with E-state index < -0.39 is 11.7 Å². The van der Waals surface area contributed by atoms with Gasteiger partial charge in [0.05, 0.1) is 17.6 Å². The Balaban J connectivity index is 1.75. The largest absolute Gasteiger partial charge is 0.332 e. The number of anilines is 1. The van der Waals surface area contributed by atoms with Crippen LogP contribution in [0.5, 0.6) is 0 Å². The Hall–Kier alpha value is -2.99. The fourth-order valence-corrected chi connectivity index (χ4v) is 2.75. The number of pyridine rings is 1. The third kappa shape index (κ3) is 3.97. The first-order valence-corrected chi connectivity index (χ1v) is 8.18. The van der Waals surface area contributed by atoms with Gasteiger partial charge in [-0.05, 0) is 36.4 Å². The van der Waals surface area contributed by atoms with E-state index in [1.165, 1.54) is 42.3 Å². The van der Waals surface area contributed by atoms with Gasteiger partial charge in [0.1, 0.15) is 11.0 Å². The zero-order chi connectivity index (χ0) is 18.7. The first-order chi connectivity index (χ1) is 12.4. The quantitative estimate of drug-likeness (QED) is 0.711. The van der Waals surface area contributed by atoms with Gasteiger partial charge < -0.3 is 10.2 Å². The minimum atomic E-state index is -0.392. The van der Waals surface area contributed by atoms with Crippen molar-refractivity contribution in [3.63, 3.8) is 0 Å². The Labute approximate surface area is 154 Å². The van der Waals surface area contributed by atoms with Gasteiger partial charge in [0, 0.05) is 18.1 Å². The molecule has 0 fully saturated rings. The Morgan fingerprint density at radius 2 is 1.85 bits per heavy atom. The molecule has 0 saturated carbocycles. The summed E-state index contributed by atoms with van der Waals surface area (Å²) in [6, 6.07) is 14.0. The van der Waals surface area contributed by atoms with E-state index in [4.69, 9.17) is 11.6 Å². The molecule has 0 spiro atoms. The Morgan fingerprint density at radius 3 is 2.58 bits per heavy atom. The predicted molar refractivity (Wildman–Crippen MR) is 98.7 cm³/mol. The van der Waals surface area contributed by atoms with Gasteiger partial charge in [0.2, 0.25) is 5.91 Å². The molecule has 0 aliphatic carbocycles. The number of para-hydroxylation sites is 1. The highest BCUT2D eigenvalue weighted by Crippen LogP contribution is 2.22. The molecule has 0 aliphatic heterocycles. The van der Waals surface area contributed by atoms with Crippen molar-refractivity contribution < 1.29 is 14.0 Å². The number of rotatable bonds is 4. The fourth-order valence-electron chi connectivity index (χ4n) is 2.55. The number of benzene rings is 2. The molecule has 3 rings (SSSR count). The number of hydrogen-bond donors (Lipinski definition) is 1. The van der Waals surface area contributed by atoms with Crippen LogP contribution in [0.1, 0.15) is 10.4 Å². The highest BCUT2D eigenvalue weighted by molar-refractivity contribution is 6.30. The predicted octanol–water partition coefficient (Wildman–Crippen LogP) is 3.74. The lowest BCUT2D eigenvalue weighted by Gasteiger charge is -2.18. The second-order valence-corrected chi connectivity index (χ2v) is 6.11. The van der Waals surface area contributed by atoms with E-state index in [0.717, 1.165) is 0 Å². The monoisotopic (exact) mass is 371 g/mol. The van der Waals surface area contributed by atoms with Crippen LogP contribution >= 0.6 is 11.6 Å². The summed E-state index contributed by atoms with van der Waals surface area (Å²) < 4.78 is 12.9. The molecule has 2 amide bonds. The van der Waals surface area contributed by atoms with E-state index in [9.17, 15) is 14.0 Å². The zero-order valence-electron chi connectivity index (χ0n) is 13.9. The van der Waals surface area contributed by atoms with Crippen LogP contribution in [0.3, 0.4) is 0 Å². The summed E-state index contributed by atoms with van der Waals surface area (Å²) in [5, 5.41) is 3.48. The summed E-state index contributed by atoms with van der Waals surface area (Å²) >= 11 is 6.01. The van der Waals surface area contributed by atoms with Crippen LogP contribution in [0.15, 0.2) is 54.6 Å². The maximum absolute atomic E-state index is 12.9. The van der Waals surface area contributed by atoms with Gasteiger partial charge >= 0.3 is 0 Å². The molecule has 0 atom stereocenters. The molecule has 1 heterocycles. The molecule has 0 bridgehead atoms. The highest BCUT2D eigenvalue weighted by atomic mass is 35.5. The summed E-state index contributed by atoms with van der Waals surface area (Å²) in [6.07, 6.45) is 0. The van der Waals surface area contributed by atoms with Crippen molar-refractivity contribution in [3.8, 4) is 0 Å². The van der Waals surface area contributed by atoms with Crippen molar-refractivity contribution in [2.24, 2.45) is 0 Å². The smallest absolute Gasteiger partial charge is 0.254 e. The van der Waals surface area contributed by atoms with Crippen LogP contribution in [0.25, 0.3) is 10.9 Å². The molecule has 132 valence electrons. The number of likely N-dealkylation sites (N-methyl/N-ethyl adjacent to an activating group) is 1. The molecule has 1 aromatic heterocycles. The number of nitrogens with zero attached hydrogens (tertiary/aromatic N) is 2. The fraction of sp³-hybridized carbons (Fsp3) is 0.105. The van der Waals surface area contributed by atoms with E-state index in [1.807, 2.05) is 0 Å². The van der Waals surface area contributed by atoms with Gasteiger partial charge in [-0.15, -0.1) is 0 Å². The third-order valence-corrected chi connectivity index (χ3v) is 3.96. The standard InChI is InChI=1S/C19H15ClFN3O2/c1-24(11-18(25)22-13-8-6-12(21)7-9-13)19(26)15-10-17(20)23-16-5-3-2-4-14(15)16/h2-10H,11H2,1H3,(H,22,25). The first-order valence-electron chi connectivity index (χ1n) is 7.80. The lowest BCUT2D eigenvalue weighted by molar-refractivity contribution is -0.116. The van der Waals surface area contributed by atoms with Crippen LogP contribution in [-0.2, 0) is 4.79 Å². The minimum Gasteiger partial charge on any atom is -0.332 e. The minimum absolute atomic E-state index is 0.162. The summed E-state index contributed by atoms with van der Waals surface area (Å²) in [5.74, 6) is -1.13. The summed E-state index contributed by atoms with van der Waals surface area (Å²) in [4.78, 5) is 30.4. The number of amides is 2. The van der Waals surface area contributed by atoms with E-state index in [0.29, 0.717) is 22.2 Å². The van der Waals surface area contributed by atoms with Gasteiger partial charge in [-0.2, -0.15) is 0 Å². The maximum Gasteiger partial charge on any atom is 0.254 e. The van der Waals surface area contributed by atoms with E-state index in [-0.39, 0.29) is 17.6 Å². The van der Waals surface area contributed by atoms with E-state index in [2.05, 4.69) is 10.3 Å². The number of aromatic nitrogens is 1. The van der Waals surface area contributed by atoms with Gasteiger partial charge in [-0.25, -0.2) is 9.37 Å². The molecule has 3 aromatic rings. The average molecular weight is 372 g/mol. The Morgan fingerprint density at radius 1 is 1.15 bits per heavy atom. The van der Waals surface area contributed by atoms with Crippen LogP contribution in [0, 0.1) is 5.82 Å². The van der Waals surface area contributed by atoms with Crippen molar-refractivity contribution in [2.75, 3.05) is 18.9 Å². The van der Waals surface area contributed by atoms with Crippen LogP contribution in [0.4, 0.5) is 10.1 Å². The lowest BCUT2D eigenvalue weighted by Crippen LogP contribution is -2.35. The van der Waals surface area contributed by atoms with Crippen molar-refractivity contribution in [1.29, 1.82) is 0 Å². The normalized spacial score (nSPS) is 10.6. The molecule has 0 saturated heterocycles. The SMILES string of the molecule is CN(CC(=O)Nc1ccc(F)cc1)C(=O)c1cc(Cl)nc2ccccc12. The van der Waals surface area contributed by atoms with Gasteiger partial charge in [0.25, 0.3) is 5.91 Å². The van der Waals surface area contributed by atoms with E-state index >= 15 is 0 Å². The first kappa shape index (κ1) is 17.8. The Bertz CT molecular complexity index is 976. The molecule has 0 aliphatic rings. The Kier molecular flexibility index (Phi) is 5.14. The third-order valence-electron chi connectivity index (χ3n) is 3.77. The zero-order valence-corrected chi connectivity index (χ0v) is 14.6. The lowest BCUT2D eigenvalue weighted by atomic mass is 10.1. The molecule has 0 unspecified atom stereocenters. The molecule has 5 nitrogen and oxygen atoms in total. The second-order valence-electron chi connectivity index (χ2n) is 5.73. The van der Waals surface area contributed by atoms with Gasteiger partial charge in [-0.3, -0.25) is 9.59 Å². The van der Waals surface area contributed by atoms with Crippen molar-refractivity contribution >= 4 is 40.0 Å². The number of halogens is 2. The van der Waals surface area contributed by atoms with Crippen LogP contribution in [-0.4, -0.2) is 35.3 Å². The average Bonchev–Trinajstić information content (AvgIpc) is 2.62. The number of fused-ring (bicyclic) bond motifs is 1. The molecular weight excluding hydrogens is 357 g/mol. The maximum atomic E-state index is 12.9. The topological polar surface area (TPSA) is 62.3 Å². The number of carbonyl (C=O) groups is 2. The van der Waals surface area contributed by atoms with Crippen LogP contribution in [0.2, 0.25) is 5.15 Å². The molecule has 26 heavy (non-hydrogen) atoms. The number of carbonyl (C=O) groups excluding carboxylic acids is 2. The highest BCUT2D eigenvalue weighted by Gasteiger charge is 2.18. The summed E-state index contributed by atoms with van der Waals surface area (Å²) in [5.41, 5.74) is 1.43. The van der Waals surface area contributed by atoms with Gasteiger partial charge in [0.15, 0.2) is 0 Å². The molecule has 2 aromatic carbocycles. The van der Waals surface area contributed by atoms with Crippen molar-refractivity contribution in [2.45, 2.75) is 0 Å². The number of nitrogens with one attached hydrogen (secondary N) is 1. The van der Waals surface area contributed by atoms with Crippen molar-refractivity contribution in [1.82, 2.24) is 9.88 Å². The molecule has 0 radical (unpaired) electrons. The molecular formula is C19H15ClFN3O2. The molecule has 1 N–H and O–H groups in total. The molecule has 7 heteroatoms. The summed E-state index contributed by atoms with van der Waals surface area (Å²) in [7, 11) is 1.52. The van der Waals surface area contributed by atoms with E-state index in [1.54, 1.807) is 24.3 Å². The second kappa shape index (κ2) is 7.49. The summed E-state index contributed by atoms with van der Waals surface area (Å²) in [6.45, 7) is -0.162. The number of hydrogen-bond acceptors (Lipinski definition) is 3.